The Balaban J connectivity index is 1.82. The van der Waals surface area contributed by atoms with Gasteiger partial charge in [0, 0.05) is 30.5 Å². The summed E-state index contributed by atoms with van der Waals surface area (Å²) in [6.07, 6.45) is 1.07. The molecule has 2 aromatic rings. The molecular formula is C20H24N2O3S. The zero-order chi connectivity index (χ0) is 19.1. The molecule has 0 aliphatic heterocycles. The molecule has 5 nitrogen and oxygen atoms in total. The Morgan fingerprint density at radius 3 is 2.46 bits per heavy atom. The van der Waals surface area contributed by atoms with E-state index in [1.807, 2.05) is 44.2 Å². The molecular weight excluding hydrogens is 348 g/mol. The summed E-state index contributed by atoms with van der Waals surface area (Å²) in [5.41, 5.74) is 1.82. The average Bonchev–Trinajstić information content (AvgIpc) is 3.06. The van der Waals surface area contributed by atoms with Crippen molar-refractivity contribution in [3.8, 4) is 0 Å². The molecule has 1 heterocycles. The predicted octanol–water partition coefficient (Wildman–Crippen LogP) is 3.68. The average molecular weight is 372 g/mol. The molecule has 2 rings (SSSR count). The van der Waals surface area contributed by atoms with Crippen LogP contribution in [0.25, 0.3) is 0 Å². The van der Waals surface area contributed by atoms with E-state index in [2.05, 4.69) is 5.32 Å². The molecule has 0 bridgehead atoms. The van der Waals surface area contributed by atoms with Crippen LogP contribution in [0.15, 0.2) is 36.4 Å². The summed E-state index contributed by atoms with van der Waals surface area (Å²) in [7, 11) is 1.58. The maximum Gasteiger partial charge on any atom is 0.243 e. The van der Waals surface area contributed by atoms with Gasteiger partial charge in [-0.05, 0) is 37.1 Å². The number of anilines is 1. The number of hydrogen-bond acceptors (Lipinski definition) is 4. The topological polar surface area (TPSA) is 66.5 Å². The fourth-order valence-corrected chi connectivity index (χ4v) is 3.40. The van der Waals surface area contributed by atoms with Crippen LogP contribution in [0, 0.1) is 6.92 Å². The smallest absolute Gasteiger partial charge is 0.243 e. The zero-order valence-corrected chi connectivity index (χ0v) is 16.2. The highest BCUT2D eigenvalue weighted by atomic mass is 32.1. The Morgan fingerprint density at radius 1 is 1.08 bits per heavy atom. The first-order valence-electron chi connectivity index (χ1n) is 8.62. The van der Waals surface area contributed by atoms with E-state index >= 15 is 0 Å². The number of aryl methyl sites for hydroxylation is 2. The SMILES string of the molecule is CCc1ccccc1NC(=O)CN(C)C(=O)CCC(=O)c1ccc(C)s1. The van der Waals surface area contributed by atoms with E-state index < -0.39 is 0 Å². The standard InChI is InChI=1S/C20H24N2O3S/c1-4-15-7-5-6-8-16(15)21-19(24)13-22(3)20(25)12-10-17(23)18-11-9-14(2)26-18/h5-9,11H,4,10,12-13H2,1-3H3,(H,21,24). The van der Waals surface area contributed by atoms with Crippen LogP contribution < -0.4 is 5.32 Å². The van der Waals surface area contributed by atoms with Gasteiger partial charge >= 0.3 is 0 Å². The molecule has 2 amide bonds. The molecule has 0 saturated carbocycles. The van der Waals surface area contributed by atoms with Crippen molar-refractivity contribution in [2.45, 2.75) is 33.1 Å². The number of nitrogens with one attached hydrogen (secondary N) is 1. The second-order valence-electron chi connectivity index (χ2n) is 6.14. The van der Waals surface area contributed by atoms with E-state index in [0.717, 1.165) is 22.5 Å². The number of Topliss-reactive ketones (excluding diaryl/α,β-unsaturated/α-hetero) is 1. The number of nitrogens with zero attached hydrogens (tertiary/aromatic N) is 1. The lowest BCUT2D eigenvalue weighted by Crippen LogP contribution is -2.35. The Labute approximate surface area is 158 Å². The maximum atomic E-state index is 12.2. The summed E-state index contributed by atoms with van der Waals surface area (Å²) in [4.78, 5) is 39.6. The van der Waals surface area contributed by atoms with Gasteiger partial charge in [-0.2, -0.15) is 0 Å². The van der Waals surface area contributed by atoms with Gasteiger partial charge in [0.25, 0.3) is 0 Å². The summed E-state index contributed by atoms with van der Waals surface area (Å²) in [6.45, 7) is 3.92. The van der Waals surface area contributed by atoms with Gasteiger partial charge in [0.1, 0.15) is 0 Å². The van der Waals surface area contributed by atoms with Gasteiger partial charge in [-0.25, -0.2) is 0 Å². The van der Waals surface area contributed by atoms with Gasteiger partial charge in [0.05, 0.1) is 11.4 Å². The van der Waals surface area contributed by atoms with Gasteiger partial charge in [-0.1, -0.05) is 25.1 Å². The van der Waals surface area contributed by atoms with E-state index in [4.69, 9.17) is 0 Å². The summed E-state index contributed by atoms with van der Waals surface area (Å²) in [6, 6.07) is 11.3. The summed E-state index contributed by atoms with van der Waals surface area (Å²) in [5.74, 6) is -0.501. The number of para-hydroxylation sites is 1. The van der Waals surface area contributed by atoms with Crippen molar-refractivity contribution in [1.29, 1.82) is 0 Å². The molecule has 0 aliphatic carbocycles. The number of hydrogen-bond donors (Lipinski definition) is 1. The van der Waals surface area contributed by atoms with Gasteiger partial charge in [0.2, 0.25) is 11.8 Å². The molecule has 0 fully saturated rings. The molecule has 0 unspecified atom stereocenters. The number of thiophene rings is 1. The van der Waals surface area contributed by atoms with Crippen LogP contribution in [0.2, 0.25) is 0 Å². The molecule has 0 saturated heterocycles. The lowest BCUT2D eigenvalue weighted by Gasteiger charge is -2.17. The summed E-state index contributed by atoms with van der Waals surface area (Å²) < 4.78 is 0. The van der Waals surface area contributed by atoms with Crippen LogP contribution in [0.5, 0.6) is 0 Å². The summed E-state index contributed by atoms with van der Waals surface area (Å²) in [5, 5.41) is 2.84. The minimum Gasteiger partial charge on any atom is -0.336 e. The normalized spacial score (nSPS) is 10.4. The second kappa shape index (κ2) is 9.29. The van der Waals surface area contributed by atoms with E-state index in [0.29, 0.717) is 4.88 Å². The van der Waals surface area contributed by atoms with Crippen LogP contribution >= 0.6 is 11.3 Å². The largest absolute Gasteiger partial charge is 0.336 e. The molecule has 26 heavy (non-hydrogen) atoms. The lowest BCUT2D eigenvalue weighted by molar-refractivity contribution is -0.133. The Bertz CT molecular complexity index is 798. The number of benzene rings is 1. The van der Waals surface area contributed by atoms with Crippen LogP contribution in [-0.2, 0) is 16.0 Å². The molecule has 1 aromatic heterocycles. The van der Waals surface area contributed by atoms with Crippen molar-refractivity contribution in [1.82, 2.24) is 4.90 Å². The second-order valence-corrected chi connectivity index (χ2v) is 7.43. The van der Waals surface area contributed by atoms with Crippen LogP contribution in [0.4, 0.5) is 5.69 Å². The molecule has 1 N–H and O–H groups in total. The van der Waals surface area contributed by atoms with Crippen molar-refractivity contribution >= 4 is 34.6 Å². The number of ketones is 1. The van der Waals surface area contributed by atoms with E-state index in [-0.39, 0.29) is 37.0 Å². The molecule has 0 atom stereocenters. The molecule has 6 heteroatoms. The Morgan fingerprint density at radius 2 is 1.81 bits per heavy atom. The first-order chi connectivity index (χ1) is 12.4. The van der Waals surface area contributed by atoms with Crippen molar-refractivity contribution in [3.63, 3.8) is 0 Å². The van der Waals surface area contributed by atoms with Crippen molar-refractivity contribution in [3.05, 3.63) is 51.7 Å². The molecule has 138 valence electrons. The van der Waals surface area contributed by atoms with Crippen LogP contribution in [-0.4, -0.2) is 36.1 Å². The molecule has 0 spiro atoms. The summed E-state index contributed by atoms with van der Waals surface area (Å²) >= 11 is 1.43. The third kappa shape index (κ3) is 5.52. The minimum atomic E-state index is -0.248. The minimum absolute atomic E-state index is 0.0359. The predicted molar refractivity (Wildman–Crippen MR) is 105 cm³/mol. The fraction of sp³-hybridized carbons (Fsp3) is 0.350. The number of carbonyl (C=O) groups is 3. The number of amides is 2. The quantitative estimate of drug-likeness (QED) is 0.719. The third-order valence-corrected chi connectivity index (χ3v) is 5.10. The van der Waals surface area contributed by atoms with Crippen LogP contribution in [0.3, 0.4) is 0 Å². The van der Waals surface area contributed by atoms with Crippen molar-refractivity contribution < 1.29 is 14.4 Å². The third-order valence-electron chi connectivity index (χ3n) is 4.06. The first kappa shape index (κ1) is 19.8. The van der Waals surface area contributed by atoms with E-state index in [1.54, 1.807) is 13.1 Å². The molecule has 0 aliphatic rings. The highest BCUT2D eigenvalue weighted by Crippen LogP contribution is 2.18. The Hall–Kier alpha value is -2.47. The van der Waals surface area contributed by atoms with Gasteiger partial charge in [-0.3, -0.25) is 14.4 Å². The first-order valence-corrected chi connectivity index (χ1v) is 9.43. The van der Waals surface area contributed by atoms with E-state index in [9.17, 15) is 14.4 Å². The molecule has 0 radical (unpaired) electrons. The van der Waals surface area contributed by atoms with E-state index in [1.165, 1.54) is 16.2 Å². The number of carbonyl (C=O) groups excluding carboxylic acids is 3. The van der Waals surface area contributed by atoms with Gasteiger partial charge in [-0.15, -0.1) is 11.3 Å². The lowest BCUT2D eigenvalue weighted by atomic mass is 10.1. The Kier molecular flexibility index (Phi) is 7.09. The monoisotopic (exact) mass is 372 g/mol. The van der Waals surface area contributed by atoms with Gasteiger partial charge in [0.15, 0.2) is 5.78 Å². The maximum absolute atomic E-state index is 12.2. The number of rotatable bonds is 8. The molecule has 1 aromatic carbocycles. The van der Waals surface area contributed by atoms with Crippen molar-refractivity contribution in [2.24, 2.45) is 0 Å². The van der Waals surface area contributed by atoms with Gasteiger partial charge < -0.3 is 10.2 Å². The number of likely N-dealkylation sites (N-methyl/N-ethyl adjacent to an activating group) is 1. The van der Waals surface area contributed by atoms with Crippen molar-refractivity contribution in [2.75, 3.05) is 18.9 Å². The zero-order valence-electron chi connectivity index (χ0n) is 15.4. The highest BCUT2D eigenvalue weighted by Gasteiger charge is 2.16. The fourth-order valence-electron chi connectivity index (χ4n) is 2.56. The highest BCUT2D eigenvalue weighted by molar-refractivity contribution is 7.14. The van der Waals surface area contributed by atoms with Crippen LogP contribution in [0.1, 0.15) is 39.9 Å².